The smallest absolute Gasteiger partial charge is 0.0132 e. The first-order valence-electron chi connectivity index (χ1n) is 5.04. The molecule has 0 aliphatic rings. The van der Waals surface area contributed by atoms with Crippen molar-refractivity contribution in [3.63, 3.8) is 0 Å². The summed E-state index contributed by atoms with van der Waals surface area (Å²) in [6, 6.07) is 0. The SMILES string of the molecule is C=CCNCC(CCC)C(C)C. The van der Waals surface area contributed by atoms with Gasteiger partial charge in [0.05, 0.1) is 0 Å². The average molecular weight is 169 g/mol. The van der Waals surface area contributed by atoms with E-state index in [0.717, 1.165) is 24.9 Å². The predicted molar refractivity (Wildman–Crippen MR) is 56.3 cm³/mol. The fourth-order valence-electron chi connectivity index (χ4n) is 1.41. The van der Waals surface area contributed by atoms with Crippen LogP contribution in [0.2, 0.25) is 0 Å². The van der Waals surface area contributed by atoms with E-state index in [4.69, 9.17) is 0 Å². The second-order valence-corrected chi connectivity index (χ2v) is 3.74. The molecule has 72 valence electrons. The average Bonchev–Trinajstić information content (AvgIpc) is 2.03. The monoisotopic (exact) mass is 169 g/mol. The summed E-state index contributed by atoms with van der Waals surface area (Å²) in [6.07, 6.45) is 4.55. The molecule has 12 heavy (non-hydrogen) atoms. The zero-order chi connectivity index (χ0) is 9.40. The summed E-state index contributed by atoms with van der Waals surface area (Å²) in [5, 5.41) is 3.38. The maximum absolute atomic E-state index is 3.69. The molecule has 1 atom stereocenters. The highest BCUT2D eigenvalue weighted by Gasteiger charge is 2.10. The highest BCUT2D eigenvalue weighted by molar-refractivity contribution is 4.72. The summed E-state index contributed by atoms with van der Waals surface area (Å²) in [6.45, 7) is 12.6. The molecular weight excluding hydrogens is 146 g/mol. The van der Waals surface area contributed by atoms with Crippen LogP contribution in [0.4, 0.5) is 0 Å². The quantitative estimate of drug-likeness (QED) is 0.456. The van der Waals surface area contributed by atoms with Crippen molar-refractivity contribution in [3.05, 3.63) is 12.7 Å². The Hall–Kier alpha value is -0.300. The van der Waals surface area contributed by atoms with Crippen molar-refractivity contribution in [3.8, 4) is 0 Å². The largest absolute Gasteiger partial charge is 0.313 e. The van der Waals surface area contributed by atoms with Crippen molar-refractivity contribution >= 4 is 0 Å². The van der Waals surface area contributed by atoms with E-state index in [1.807, 2.05) is 6.08 Å². The molecule has 1 heteroatoms. The third-order valence-corrected chi connectivity index (χ3v) is 2.30. The van der Waals surface area contributed by atoms with Crippen LogP contribution >= 0.6 is 0 Å². The summed E-state index contributed by atoms with van der Waals surface area (Å²) < 4.78 is 0. The standard InChI is InChI=1S/C11H23N/c1-5-7-11(10(3)4)9-12-8-6-2/h6,10-12H,2,5,7-9H2,1,3-4H3. The molecular formula is C11H23N. The van der Waals surface area contributed by atoms with Crippen molar-refractivity contribution in [1.82, 2.24) is 5.32 Å². The van der Waals surface area contributed by atoms with E-state index in [1.54, 1.807) is 0 Å². The van der Waals surface area contributed by atoms with Gasteiger partial charge in [-0.3, -0.25) is 0 Å². The van der Waals surface area contributed by atoms with Crippen LogP contribution in [0.5, 0.6) is 0 Å². The van der Waals surface area contributed by atoms with Gasteiger partial charge in [0.15, 0.2) is 0 Å². The molecule has 0 bridgehead atoms. The van der Waals surface area contributed by atoms with Crippen molar-refractivity contribution in [2.24, 2.45) is 11.8 Å². The minimum atomic E-state index is 0.794. The molecule has 0 fully saturated rings. The number of nitrogens with one attached hydrogen (secondary N) is 1. The maximum atomic E-state index is 3.69. The Labute approximate surface area is 77.2 Å². The first kappa shape index (κ1) is 11.7. The Kier molecular flexibility index (Phi) is 7.17. The van der Waals surface area contributed by atoms with Gasteiger partial charge in [-0.25, -0.2) is 0 Å². The lowest BCUT2D eigenvalue weighted by molar-refractivity contribution is 0.343. The van der Waals surface area contributed by atoms with Gasteiger partial charge in [-0.05, 0) is 24.8 Å². The molecule has 1 nitrogen and oxygen atoms in total. The Morgan fingerprint density at radius 2 is 2.08 bits per heavy atom. The third-order valence-electron chi connectivity index (χ3n) is 2.30. The van der Waals surface area contributed by atoms with Gasteiger partial charge in [-0.2, -0.15) is 0 Å². The van der Waals surface area contributed by atoms with Crippen molar-refractivity contribution < 1.29 is 0 Å². The van der Waals surface area contributed by atoms with Crippen LogP contribution in [0.3, 0.4) is 0 Å². The summed E-state index contributed by atoms with van der Waals surface area (Å²) >= 11 is 0. The zero-order valence-electron chi connectivity index (χ0n) is 8.77. The van der Waals surface area contributed by atoms with E-state index in [-0.39, 0.29) is 0 Å². The molecule has 0 saturated carbocycles. The lowest BCUT2D eigenvalue weighted by Gasteiger charge is -2.20. The highest BCUT2D eigenvalue weighted by Crippen LogP contribution is 2.15. The van der Waals surface area contributed by atoms with Crippen LogP contribution in [0.15, 0.2) is 12.7 Å². The van der Waals surface area contributed by atoms with Crippen molar-refractivity contribution in [2.75, 3.05) is 13.1 Å². The van der Waals surface area contributed by atoms with Crippen molar-refractivity contribution in [1.29, 1.82) is 0 Å². The van der Waals surface area contributed by atoms with E-state index in [1.165, 1.54) is 12.8 Å². The number of rotatable bonds is 7. The Morgan fingerprint density at radius 1 is 1.42 bits per heavy atom. The Balaban J connectivity index is 3.55. The lowest BCUT2D eigenvalue weighted by atomic mass is 9.91. The molecule has 0 rings (SSSR count). The van der Waals surface area contributed by atoms with Gasteiger partial charge in [0.1, 0.15) is 0 Å². The molecule has 0 aliphatic heterocycles. The molecule has 0 amide bonds. The summed E-state index contributed by atoms with van der Waals surface area (Å²) in [5.74, 6) is 1.62. The molecule has 0 aliphatic carbocycles. The van der Waals surface area contributed by atoms with E-state index < -0.39 is 0 Å². The van der Waals surface area contributed by atoms with E-state index >= 15 is 0 Å². The maximum Gasteiger partial charge on any atom is 0.0132 e. The van der Waals surface area contributed by atoms with Gasteiger partial charge < -0.3 is 5.32 Å². The van der Waals surface area contributed by atoms with Crippen LogP contribution < -0.4 is 5.32 Å². The van der Waals surface area contributed by atoms with Crippen LogP contribution in [0, 0.1) is 11.8 Å². The zero-order valence-corrected chi connectivity index (χ0v) is 8.77. The molecule has 0 saturated heterocycles. The van der Waals surface area contributed by atoms with Gasteiger partial charge in [0.2, 0.25) is 0 Å². The first-order chi connectivity index (χ1) is 5.72. The highest BCUT2D eigenvalue weighted by atomic mass is 14.8. The van der Waals surface area contributed by atoms with E-state index in [0.29, 0.717) is 0 Å². The molecule has 1 unspecified atom stereocenters. The van der Waals surface area contributed by atoms with Gasteiger partial charge in [0, 0.05) is 6.54 Å². The van der Waals surface area contributed by atoms with Crippen LogP contribution in [0.1, 0.15) is 33.6 Å². The number of hydrogen-bond acceptors (Lipinski definition) is 1. The minimum absolute atomic E-state index is 0.794. The summed E-state index contributed by atoms with van der Waals surface area (Å²) in [4.78, 5) is 0. The van der Waals surface area contributed by atoms with Gasteiger partial charge in [0.25, 0.3) is 0 Å². The number of hydrogen-bond donors (Lipinski definition) is 1. The molecule has 0 aromatic heterocycles. The van der Waals surface area contributed by atoms with Gasteiger partial charge >= 0.3 is 0 Å². The second kappa shape index (κ2) is 7.35. The molecule has 0 aromatic carbocycles. The van der Waals surface area contributed by atoms with Gasteiger partial charge in [-0.1, -0.05) is 33.3 Å². The Bertz CT molecular complexity index is 108. The Morgan fingerprint density at radius 3 is 2.50 bits per heavy atom. The summed E-state index contributed by atoms with van der Waals surface area (Å²) in [5.41, 5.74) is 0. The molecule has 1 N–H and O–H groups in total. The lowest BCUT2D eigenvalue weighted by Crippen LogP contribution is -2.26. The van der Waals surface area contributed by atoms with Crippen LogP contribution in [0.25, 0.3) is 0 Å². The van der Waals surface area contributed by atoms with E-state index in [2.05, 4.69) is 32.7 Å². The summed E-state index contributed by atoms with van der Waals surface area (Å²) in [7, 11) is 0. The fourth-order valence-corrected chi connectivity index (χ4v) is 1.41. The van der Waals surface area contributed by atoms with Gasteiger partial charge in [-0.15, -0.1) is 6.58 Å². The topological polar surface area (TPSA) is 12.0 Å². The van der Waals surface area contributed by atoms with Crippen LogP contribution in [-0.2, 0) is 0 Å². The van der Waals surface area contributed by atoms with E-state index in [9.17, 15) is 0 Å². The van der Waals surface area contributed by atoms with Crippen molar-refractivity contribution in [2.45, 2.75) is 33.6 Å². The normalized spacial score (nSPS) is 13.3. The predicted octanol–water partition coefficient (Wildman–Crippen LogP) is 2.83. The molecule has 0 heterocycles. The van der Waals surface area contributed by atoms with Crippen LogP contribution in [-0.4, -0.2) is 13.1 Å². The molecule has 0 radical (unpaired) electrons. The fraction of sp³-hybridized carbons (Fsp3) is 0.818. The first-order valence-corrected chi connectivity index (χ1v) is 5.04. The molecule has 0 aromatic rings. The minimum Gasteiger partial charge on any atom is -0.313 e. The molecule has 0 spiro atoms. The second-order valence-electron chi connectivity index (χ2n) is 3.74. The third kappa shape index (κ3) is 5.36.